The van der Waals surface area contributed by atoms with E-state index in [4.69, 9.17) is 4.74 Å². The number of nitrogens with one attached hydrogen (secondary N) is 1. The maximum Gasteiger partial charge on any atom is 0.122 e. The van der Waals surface area contributed by atoms with Gasteiger partial charge in [0.05, 0.1) is 6.61 Å². The standard InChI is InChI=1S/C18H22N2O/c1-2-20-17-7-6-16-15(17)4-3-5-18(16)21-13-10-14-8-11-19-12-9-14/h3-5,8-9,11-12,17,20H,2,6-7,10,13H2,1H3. The van der Waals surface area contributed by atoms with Crippen LogP contribution in [-0.2, 0) is 12.8 Å². The second-order valence-electron chi connectivity index (χ2n) is 5.43. The molecule has 1 aliphatic carbocycles. The third kappa shape index (κ3) is 3.24. The molecule has 1 atom stereocenters. The average molecular weight is 282 g/mol. The smallest absolute Gasteiger partial charge is 0.122 e. The maximum absolute atomic E-state index is 6.03. The zero-order valence-electron chi connectivity index (χ0n) is 12.5. The number of ether oxygens (including phenoxy) is 1. The number of hydrogen-bond donors (Lipinski definition) is 1. The van der Waals surface area contributed by atoms with E-state index in [2.05, 4.69) is 35.4 Å². The molecule has 1 unspecified atom stereocenters. The zero-order valence-corrected chi connectivity index (χ0v) is 12.5. The van der Waals surface area contributed by atoms with Gasteiger partial charge in [0, 0.05) is 24.9 Å². The van der Waals surface area contributed by atoms with Crippen molar-refractivity contribution in [2.75, 3.05) is 13.2 Å². The highest BCUT2D eigenvalue weighted by atomic mass is 16.5. The lowest BCUT2D eigenvalue weighted by Gasteiger charge is -2.14. The lowest BCUT2D eigenvalue weighted by molar-refractivity contribution is 0.319. The molecule has 1 aliphatic rings. The van der Waals surface area contributed by atoms with Crippen LogP contribution < -0.4 is 10.1 Å². The van der Waals surface area contributed by atoms with E-state index in [9.17, 15) is 0 Å². The first-order valence-electron chi connectivity index (χ1n) is 7.75. The van der Waals surface area contributed by atoms with Crippen molar-refractivity contribution in [1.29, 1.82) is 0 Å². The monoisotopic (exact) mass is 282 g/mol. The largest absolute Gasteiger partial charge is 0.493 e. The van der Waals surface area contributed by atoms with Gasteiger partial charge in [-0.15, -0.1) is 0 Å². The van der Waals surface area contributed by atoms with Gasteiger partial charge in [-0.05, 0) is 54.3 Å². The minimum absolute atomic E-state index is 0.494. The van der Waals surface area contributed by atoms with Crippen molar-refractivity contribution < 1.29 is 4.74 Å². The molecule has 0 saturated heterocycles. The van der Waals surface area contributed by atoms with Gasteiger partial charge in [0.1, 0.15) is 5.75 Å². The molecule has 0 spiro atoms. The third-order valence-electron chi connectivity index (χ3n) is 4.08. The molecule has 0 radical (unpaired) electrons. The Morgan fingerprint density at radius 3 is 2.90 bits per heavy atom. The van der Waals surface area contributed by atoms with Gasteiger partial charge in [0.15, 0.2) is 0 Å². The van der Waals surface area contributed by atoms with Crippen LogP contribution in [0.3, 0.4) is 0 Å². The molecule has 1 N–H and O–H groups in total. The molecule has 2 aromatic rings. The first-order valence-corrected chi connectivity index (χ1v) is 7.75. The molecule has 3 rings (SSSR count). The summed E-state index contributed by atoms with van der Waals surface area (Å²) in [6.07, 6.45) is 6.86. The molecule has 21 heavy (non-hydrogen) atoms. The molecule has 1 aromatic heterocycles. The Kier molecular flexibility index (Phi) is 4.51. The van der Waals surface area contributed by atoms with Gasteiger partial charge >= 0.3 is 0 Å². The summed E-state index contributed by atoms with van der Waals surface area (Å²) < 4.78 is 6.03. The first kappa shape index (κ1) is 14.1. The van der Waals surface area contributed by atoms with Crippen LogP contribution in [0.15, 0.2) is 42.7 Å². The number of aromatic nitrogens is 1. The van der Waals surface area contributed by atoms with E-state index in [0.717, 1.165) is 25.1 Å². The van der Waals surface area contributed by atoms with Crippen molar-refractivity contribution in [3.63, 3.8) is 0 Å². The van der Waals surface area contributed by atoms with Crippen LogP contribution in [0, 0.1) is 0 Å². The van der Waals surface area contributed by atoms with E-state index in [1.807, 2.05) is 24.5 Å². The number of pyridine rings is 1. The van der Waals surface area contributed by atoms with E-state index in [1.165, 1.54) is 23.1 Å². The van der Waals surface area contributed by atoms with Gasteiger partial charge in [-0.3, -0.25) is 4.98 Å². The number of fused-ring (bicyclic) bond motifs is 1. The van der Waals surface area contributed by atoms with Crippen molar-refractivity contribution in [2.45, 2.75) is 32.2 Å². The summed E-state index contributed by atoms with van der Waals surface area (Å²) in [6.45, 7) is 3.89. The SMILES string of the molecule is CCNC1CCc2c(OCCc3ccncc3)cccc21. The van der Waals surface area contributed by atoms with Crippen LogP contribution in [0.2, 0.25) is 0 Å². The Bertz CT molecular complexity index is 583. The van der Waals surface area contributed by atoms with Crippen LogP contribution >= 0.6 is 0 Å². The Morgan fingerprint density at radius 2 is 2.10 bits per heavy atom. The predicted octanol–water partition coefficient (Wildman–Crippen LogP) is 3.30. The van der Waals surface area contributed by atoms with Gasteiger partial charge in [0.25, 0.3) is 0 Å². The number of nitrogens with zero attached hydrogens (tertiary/aromatic N) is 1. The fourth-order valence-corrected chi connectivity index (χ4v) is 3.04. The topological polar surface area (TPSA) is 34.1 Å². The first-order chi connectivity index (χ1) is 10.4. The lowest BCUT2D eigenvalue weighted by atomic mass is 10.1. The summed E-state index contributed by atoms with van der Waals surface area (Å²) in [5.74, 6) is 1.06. The van der Waals surface area contributed by atoms with Gasteiger partial charge in [-0.25, -0.2) is 0 Å². The quantitative estimate of drug-likeness (QED) is 0.882. The summed E-state index contributed by atoms with van der Waals surface area (Å²) in [5, 5.41) is 3.55. The highest BCUT2D eigenvalue weighted by molar-refractivity contribution is 5.45. The van der Waals surface area contributed by atoms with E-state index in [-0.39, 0.29) is 0 Å². The molecule has 110 valence electrons. The Balaban J connectivity index is 1.64. The van der Waals surface area contributed by atoms with Crippen molar-refractivity contribution in [1.82, 2.24) is 10.3 Å². The summed E-state index contributed by atoms with van der Waals surface area (Å²) in [7, 11) is 0. The molecule has 3 nitrogen and oxygen atoms in total. The molecule has 0 amide bonds. The second-order valence-corrected chi connectivity index (χ2v) is 5.43. The average Bonchev–Trinajstić information content (AvgIpc) is 2.93. The maximum atomic E-state index is 6.03. The Morgan fingerprint density at radius 1 is 1.24 bits per heavy atom. The Labute approximate surface area is 126 Å². The van der Waals surface area contributed by atoms with Crippen molar-refractivity contribution in [3.05, 3.63) is 59.4 Å². The zero-order chi connectivity index (χ0) is 14.5. The van der Waals surface area contributed by atoms with Crippen LogP contribution in [0.4, 0.5) is 0 Å². The molecular formula is C18H22N2O. The van der Waals surface area contributed by atoms with Crippen molar-refractivity contribution in [2.24, 2.45) is 0 Å². The van der Waals surface area contributed by atoms with E-state index in [1.54, 1.807) is 0 Å². The molecule has 1 aromatic carbocycles. The molecule has 1 heterocycles. The fraction of sp³-hybridized carbons (Fsp3) is 0.389. The van der Waals surface area contributed by atoms with Crippen LogP contribution in [0.5, 0.6) is 5.75 Å². The van der Waals surface area contributed by atoms with Crippen LogP contribution in [0.25, 0.3) is 0 Å². The minimum atomic E-state index is 0.494. The van der Waals surface area contributed by atoms with Gasteiger partial charge in [-0.1, -0.05) is 19.1 Å². The van der Waals surface area contributed by atoms with Crippen molar-refractivity contribution in [3.8, 4) is 5.75 Å². The normalized spacial score (nSPS) is 16.7. The summed E-state index contributed by atoms with van der Waals surface area (Å²) in [6, 6.07) is 11.0. The van der Waals surface area contributed by atoms with Crippen LogP contribution in [0.1, 0.15) is 36.1 Å². The van der Waals surface area contributed by atoms with Gasteiger partial charge in [0.2, 0.25) is 0 Å². The fourth-order valence-electron chi connectivity index (χ4n) is 3.04. The summed E-state index contributed by atoms with van der Waals surface area (Å²) in [4.78, 5) is 4.04. The highest BCUT2D eigenvalue weighted by Gasteiger charge is 2.24. The molecule has 0 aliphatic heterocycles. The van der Waals surface area contributed by atoms with Crippen LogP contribution in [-0.4, -0.2) is 18.1 Å². The lowest BCUT2D eigenvalue weighted by Crippen LogP contribution is -2.18. The molecular weight excluding hydrogens is 260 g/mol. The molecule has 0 fully saturated rings. The van der Waals surface area contributed by atoms with Crippen molar-refractivity contribution >= 4 is 0 Å². The Hall–Kier alpha value is -1.87. The predicted molar refractivity (Wildman–Crippen MR) is 84.6 cm³/mol. The summed E-state index contributed by atoms with van der Waals surface area (Å²) >= 11 is 0. The molecule has 3 heteroatoms. The van der Waals surface area contributed by atoms with E-state index in [0.29, 0.717) is 12.6 Å². The second kappa shape index (κ2) is 6.72. The van der Waals surface area contributed by atoms with Gasteiger partial charge in [-0.2, -0.15) is 0 Å². The number of rotatable bonds is 6. The molecule has 0 saturated carbocycles. The number of benzene rings is 1. The highest BCUT2D eigenvalue weighted by Crippen LogP contribution is 2.36. The van der Waals surface area contributed by atoms with E-state index >= 15 is 0 Å². The number of hydrogen-bond acceptors (Lipinski definition) is 3. The molecule has 0 bridgehead atoms. The van der Waals surface area contributed by atoms with Gasteiger partial charge < -0.3 is 10.1 Å². The third-order valence-corrected chi connectivity index (χ3v) is 4.08. The minimum Gasteiger partial charge on any atom is -0.493 e. The van der Waals surface area contributed by atoms with E-state index < -0.39 is 0 Å². The summed E-state index contributed by atoms with van der Waals surface area (Å²) in [5.41, 5.74) is 4.07.